The molecule has 2 rings (SSSR count). The zero-order valence-corrected chi connectivity index (χ0v) is 13.1. The highest BCUT2D eigenvalue weighted by Gasteiger charge is 2.22. The van der Waals surface area contributed by atoms with Crippen LogP contribution in [-0.2, 0) is 6.54 Å². The van der Waals surface area contributed by atoms with E-state index in [1.165, 1.54) is 24.1 Å². The van der Waals surface area contributed by atoms with Crippen molar-refractivity contribution in [3.63, 3.8) is 0 Å². The molecule has 0 saturated carbocycles. The second-order valence-electron chi connectivity index (χ2n) is 4.80. The molecule has 106 valence electrons. The highest BCUT2D eigenvalue weighted by molar-refractivity contribution is 9.10. The summed E-state index contributed by atoms with van der Waals surface area (Å²) in [5, 5.41) is 7.49. The van der Waals surface area contributed by atoms with E-state index in [0.29, 0.717) is 17.1 Å². The van der Waals surface area contributed by atoms with Crippen molar-refractivity contribution in [2.45, 2.75) is 39.3 Å². The molecule has 1 fully saturated rings. The summed E-state index contributed by atoms with van der Waals surface area (Å²) in [7, 11) is 0. The number of hydrogen-bond donors (Lipinski definition) is 1. The van der Waals surface area contributed by atoms with Crippen molar-refractivity contribution in [1.82, 2.24) is 14.7 Å². The van der Waals surface area contributed by atoms with Gasteiger partial charge in [0, 0.05) is 19.1 Å². The monoisotopic (exact) mass is 328 g/mol. The number of rotatable bonds is 5. The van der Waals surface area contributed by atoms with Crippen LogP contribution in [0.25, 0.3) is 0 Å². The van der Waals surface area contributed by atoms with Gasteiger partial charge < -0.3 is 5.32 Å². The van der Waals surface area contributed by atoms with Crippen molar-refractivity contribution in [3.05, 3.63) is 21.0 Å². The first-order valence-corrected chi connectivity index (χ1v) is 7.70. The fraction of sp³-hybridized carbons (Fsp3) is 0.692. The van der Waals surface area contributed by atoms with E-state index in [1.54, 1.807) is 6.20 Å². The topological polar surface area (TPSA) is 50.2 Å². The lowest BCUT2D eigenvalue weighted by atomic mass is 10.2. The average Bonchev–Trinajstić information content (AvgIpc) is 2.88. The second-order valence-corrected chi connectivity index (χ2v) is 5.59. The number of aromatic nitrogens is 2. The minimum absolute atomic E-state index is 0.0775. The lowest BCUT2D eigenvalue weighted by Crippen LogP contribution is -2.35. The van der Waals surface area contributed by atoms with Crippen LogP contribution in [0.3, 0.4) is 0 Å². The summed E-state index contributed by atoms with van der Waals surface area (Å²) in [6.07, 6.45) is 4.20. The number of nitrogens with zero attached hydrogens (tertiary/aromatic N) is 3. The lowest BCUT2D eigenvalue weighted by Gasteiger charge is -2.23. The van der Waals surface area contributed by atoms with Crippen LogP contribution in [0, 0.1) is 0 Å². The third-order valence-corrected chi connectivity index (χ3v) is 4.48. The summed E-state index contributed by atoms with van der Waals surface area (Å²) in [5.41, 5.74) is 0.712. The van der Waals surface area contributed by atoms with Gasteiger partial charge in [0.2, 0.25) is 0 Å². The Balaban J connectivity index is 2.04. The van der Waals surface area contributed by atoms with Gasteiger partial charge in [-0.1, -0.05) is 6.92 Å². The van der Waals surface area contributed by atoms with E-state index in [1.807, 2.05) is 6.92 Å². The molecule has 0 aliphatic carbocycles. The largest absolute Gasteiger partial charge is 0.381 e. The van der Waals surface area contributed by atoms with E-state index in [2.05, 4.69) is 38.2 Å². The number of anilines is 1. The predicted molar refractivity (Wildman–Crippen MR) is 80.6 cm³/mol. The van der Waals surface area contributed by atoms with Crippen LogP contribution in [0.15, 0.2) is 15.5 Å². The highest BCUT2D eigenvalue weighted by Crippen LogP contribution is 2.20. The van der Waals surface area contributed by atoms with E-state index in [-0.39, 0.29) is 5.56 Å². The summed E-state index contributed by atoms with van der Waals surface area (Å²) >= 11 is 3.36. The normalized spacial score (nSPS) is 19.8. The summed E-state index contributed by atoms with van der Waals surface area (Å²) < 4.78 is 2.02. The summed E-state index contributed by atoms with van der Waals surface area (Å²) in [4.78, 5) is 14.4. The number of likely N-dealkylation sites (tertiary alicyclic amines) is 1. The Morgan fingerprint density at radius 1 is 1.47 bits per heavy atom. The van der Waals surface area contributed by atoms with Gasteiger partial charge in [0.15, 0.2) is 0 Å². The number of hydrogen-bond acceptors (Lipinski definition) is 4. The van der Waals surface area contributed by atoms with Gasteiger partial charge >= 0.3 is 0 Å². The maximum absolute atomic E-state index is 11.9. The molecule has 0 radical (unpaired) electrons. The van der Waals surface area contributed by atoms with Crippen LogP contribution in [0.2, 0.25) is 0 Å². The molecule has 1 aromatic rings. The van der Waals surface area contributed by atoms with Gasteiger partial charge in [0.05, 0.1) is 11.9 Å². The quantitative estimate of drug-likeness (QED) is 0.897. The molecule has 1 aliphatic rings. The van der Waals surface area contributed by atoms with Crippen LogP contribution in [0.1, 0.15) is 26.7 Å². The van der Waals surface area contributed by atoms with Gasteiger partial charge in [0.25, 0.3) is 5.56 Å². The van der Waals surface area contributed by atoms with Crippen LogP contribution < -0.4 is 10.9 Å². The molecule has 0 aromatic carbocycles. The summed E-state index contributed by atoms with van der Waals surface area (Å²) in [6.45, 7) is 7.82. The van der Waals surface area contributed by atoms with Gasteiger partial charge in [0.1, 0.15) is 4.47 Å². The molecule has 2 heterocycles. The van der Waals surface area contributed by atoms with Crippen molar-refractivity contribution in [2.24, 2.45) is 0 Å². The third kappa shape index (κ3) is 3.17. The molecule has 1 N–H and O–H groups in total. The first-order chi connectivity index (χ1) is 9.17. The Bertz CT molecular complexity index is 488. The molecule has 1 saturated heterocycles. The molecule has 1 aliphatic heterocycles. The average molecular weight is 329 g/mol. The smallest absolute Gasteiger partial charge is 0.283 e. The van der Waals surface area contributed by atoms with E-state index in [4.69, 9.17) is 0 Å². The maximum atomic E-state index is 11.9. The van der Waals surface area contributed by atoms with Crippen molar-refractivity contribution in [1.29, 1.82) is 0 Å². The Labute approximate surface area is 122 Å². The first kappa shape index (κ1) is 14.5. The Kier molecular flexibility index (Phi) is 4.99. The van der Waals surface area contributed by atoms with Gasteiger partial charge in [-0.2, -0.15) is 5.10 Å². The van der Waals surface area contributed by atoms with Crippen LogP contribution >= 0.6 is 15.9 Å². The molecule has 1 unspecified atom stereocenters. The fourth-order valence-electron chi connectivity index (χ4n) is 2.58. The third-order valence-electron chi connectivity index (χ3n) is 3.72. The predicted octanol–water partition coefficient (Wildman–Crippen LogP) is 1.92. The van der Waals surface area contributed by atoms with Crippen LogP contribution in [0.4, 0.5) is 5.69 Å². The fourth-order valence-corrected chi connectivity index (χ4v) is 3.03. The molecule has 6 heteroatoms. The van der Waals surface area contributed by atoms with Crippen LogP contribution in [-0.4, -0.2) is 40.4 Å². The number of halogens is 1. The van der Waals surface area contributed by atoms with E-state index in [0.717, 1.165) is 18.8 Å². The molecule has 1 atom stereocenters. The van der Waals surface area contributed by atoms with Crippen molar-refractivity contribution in [3.8, 4) is 0 Å². The minimum atomic E-state index is -0.0775. The number of nitrogens with one attached hydrogen (secondary N) is 1. The van der Waals surface area contributed by atoms with Crippen molar-refractivity contribution in [2.75, 3.05) is 25.0 Å². The minimum Gasteiger partial charge on any atom is -0.381 e. The van der Waals surface area contributed by atoms with E-state index in [9.17, 15) is 4.79 Å². The summed E-state index contributed by atoms with van der Waals surface area (Å²) in [6, 6.07) is 0.561. The summed E-state index contributed by atoms with van der Waals surface area (Å²) in [5.74, 6) is 0. The Morgan fingerprint density at radius 3 is 2.95 bits per heavy atom. The molecular formula is C13H21BrN4O. The van der Waals surface area contributed by atoms with Gasteiger partial charge in [-0.3, -0.25) is 9.69 Å². The van der Waals surface area contributed by atoms with Gasteiger partial charge in [-0.05, 0) is 48.8 Å². The van der Waals surface area contributed by atoms with E-state index >= 15 is 0 Å². The highest BCUT2D eigenvalue weighted by atomic mass is 79.9. The standard InChI is InChI=1S/C13H21BrN4O/c1-3-17-7-5-6-10(17)8-15-11-9-16-18(4-2)13(19)12(11)14/h9-10,15H,3-8H2,1-2H3. The molecular weight excluding hydrogens is 308 g/mol. The van der Waals surface area contributed by atoms with Crippen molar-refractivity contribution < 1.29 is 0 Å². The molecule has 0 amide bonds. The number of likely N-dealkylation sites (N-methyl/N-ethyl adjacent to an activating group) is 1. The van der Waals surface area contributed by atoms with Crippen LogP contribution in [0.5, 0.6) is 0 Å². The molecule has 1 aromatic heterocycles. The molecule has 0 bridgehead atoms. The van der Waals surface area contributed by atoms with Crippen molar-refractivity contribution >= 4 is 21.6 Å². The van der Waals surface area contributed by atoms with Gasteiger partial charge in [-0.15, -0.1) is 0 Å². The maximum Gasteiger partial charge on any atom is 0.283 e. The second kappa shape index (κ2) is 6.52. The lowest BCUT2D eigenvalue weighted by molar-refractivity contribution is 0.277. The molecule has 5 nitrogen and oxygen atoms in total. The Hall–Kier alpha value is -0.880. The zero-order chi connectivity index (χ0) is 13.8. The number of aryl methyl sites for hydroxylation is 1. The Morgan fingerprint density at radius 2 is 2.26 bits per heavy atom. The molecule has 19 heavy (non-hydrogen) atoms. The molecule has 0 spiro atoms. The zero-order valence-electron chi connectivity index (χ0n) is 11.5. The first-order valence-electron chi connectivity index (χ1n) is 6.90. The SMILES string of the molecule is CCN1CCCC1CNc1cnn(CC)c(=O)c1Br. The van der Waals surface area contributed by atoms with E-state index < -0.39 is 0 Å². The van der Waals surface area contributed by atoms with Gasteiger partial charge in [-0.25, -0.2) is 4.68 Å².